The van der Waals surface area contributed by atoms with E-state index in [9.17, 15) is 4.79 Å². The maximum Gasteiger partial charge on any atom is 0.356 e. The number of rotatable bonds is 4. The second-order valence-electron chi connectivity index (χ2n) is 6.31. The van der Waals surface area contributed by atoms with Crippen LogP contribution in [-0.4, -0.2) is 34.5 Å². The van der Waals surface area contributed by atoms with Crippen LogP contribution in [-0.2, 0) is 24.6 Å². The van der Waals surface area contributed by atoms with Gasteiger partial charge in [0.15, 0.2) is 0 Å². The van der Waals surface area contributed by atoms with Crippen molar-refractivity contribution in [2.45, 2.75) is 12.8 Å². The molecule has 0 bridgehead atoms. The van der Waals surface area contributed by atoms with E-state index in [4.69, 9.17) is 9.47 Å². The van der Waals surface area contributed by atoms with Crippen LogP contribution in [0.25, 0.3) is 11.1 Å². The first-order valence-electron chi connectivity index (χ1n) is 8.46. The van der Waals surface area contributed by atoms with E-state index < -0.39 is 5.97 Å². The molecule has 26 heavy (non-hydrogen) atoms. The minimum atomic E-state index is -0.423. The highest BCUT2D eigenvalue weighted by Gasteiger charge is 2.22. The van der Waals surface area contributed by atoms with Gasteiger partial charge in [-0.1, -0.05) is 24.3 Å². The highest BCUT2D eigenvalue weighted by Crippen LogP contribution is 2.31. The molecule has 6 heteroatoms. The molecule has 4 rings (SSSR count). The van der Waals surface area contributed by atoms with Crippen molar-refractivity contribution in [1.29, 1.82) is 0 Å². The normalized spacial score (nSPS) is 12.5. The van der Waals surface area contributed by atoms with Gasteiger partial charge in [0.1, 0.15) is 11.4 Å². The number of fused-ring (bicyclic) bond motifs is 1. The molecule has 1 aromatic carbocycles. The van der Waals surface area contributed by atoms with E-state index in [1.807, 2.05) is 19.4 Å². The summed E-state index contributed by atoms with van der Waals surface area (Å²) in [6, 6.07) is 10.1. The van der Waals surface area contributed by atoms with Gasteiger partial charge in [0.05, 0.1) is 25.6 Å². The number of ether oxygens (including phenoxy) is 2. The van der Waals surface area contributed by atoms with Crippen LogP contribution < -0.4 is 4.74 Å². The van der Waals surface area contributed by atoms with E-state index in [1.165, 1.54) is 7.11 Å². The molecule has 0 atom stereocenters. The van der Waals surface area contributed by atoms with Crippen LogP contribution in [0.5, 0.6) is 5.75 Å². The Morgan fingerprint density at radius 2 is 2.08 bits per heavy atom. The number of pyridine rings is 1. The number of carbonyl (C=O) groups is 1. The largest absolute Gasteiger partial charge is 0.491 e. The topological polar surface area (TPSA) is 66.2 Å². The maximum atomic E-state index is 11.9. The summed E-state index contributed by atoms with van der Waals surface area (Å²) >= 11 is 0. The minimum Gasteiger partial charge on any atom is -0.491 e. The lowest BCUT2D eigenvalue weighted by Crippen LogP contribution is -2.07. The van der Waals surface area contributed by atoms with E-state index in [2.05, 4.69) is 34.3 Å². The first-order chi connectivity index (χ1) is 12.6. The Balaban J connectivity index is 1.63. The summed E-state index contributed by atoms with van der Waals surface area (Å²) in [7, 11) is 3.27. The first-order valence-corrected chi connectivity index (χ1v) is 8.46. The molecular formula is C20H19N3O3. The lowest BCUT2D eigenvalue weighted by Gasteiger charge is -2.10. The summed E-state index contributed by atoms with van der Waals surface area (Å²) in [5.74, 6) is 0.377. The van der Waals surface area contributed by atoms with Crippen molar-refractivity contribution in [3.05, 3.63) is 65.2 Å². The predicted molar refractivity (Wildman–Crippen MR) is 96.2 cm³/mol. The van der Waals surface area contributed by atoms with Gasteiger partial charge < -0.3 is 9.47 Å². The zero-order valence-corrected chi connectivity index (χ0v) is 14.7. The summed E-state index contributed by atoms with van der Waals surface area (Å²) in [5.41, 5.74) is 5.46. The van der Waals surface area contributed by atoms with E-state index >= 15 is 0 Å². The summed E-state index contributed by atoms with van der Waals surface area (Å²) < 4.78 is 12.3. The third-order valence-corrected chi connectivity index (χ3v) is 4.49. The molecule has 3 heterocycles. The summed E-state index contributed by atoms with van der Waals surface area (Å²) in [6.45, 7) is 0.597. The van der Waals surface area contributed by atoms with Crippen LogP contribution in [0.2, 0.25) is 0 Å². The lowest BCUT2D eigenvalue weighted by atomic mass is 10.0. The zero-order chi connectivity index (χ0) is 18.1. The molecule has 3 aromatic rings. The molecule has 0 fully saturated rings. The van der Waals surface area contributed by atoms with Crippen LogP contribution in [0.3, 0.4) is 0 Å². The Kier molecular flexibility index (Phi) is 4.16. The Hall–Kier alpha value is -3.15. The fraction of sp³-hybridized carbons (Fsp3) is 0.250. The fourth-order valence-corrected chi connectivity index (χ4v) is 3.19. The summed E-state index contributed by atoms with van der Waals surface area (Å²) in [6.07, 6.45) is 5.22. The molecule has 6 nitrogen and oxygen atoms in total. The quantitative estimate of drug-likeness (QED) is 0.678. The van der Waals surface area contributed by atoms with Crippen molar-refractivity contribution < 1.29 is 14.3 Å². The fourth-order valence-electron chi connectivity index (χ4n) is 3.19. The number of nitrogens with zero attached hydrogens (tertiary/aromatic N) is 3. The predicted octanol–water partition coefficient (Wildman–Crippen LogP) is 2.79. The van der Waals surface area contributed by atoms with E-state index in [0.29, 0.717) is 25.1 Å². The van der Waals surface area contributed by atoms with Crippen molar-refractivity contribution in [1.82, 2.24) is 14.8 Å². The van der Waals surface area contributed by atoms with E-state index in [-0.39, 0.29) is 0 Å². The number of benzene rings is 1. The molecule has 1 aliphatic rings. The van der Waals surface area contributed by atoms with Crippen LogP contribution in [0.4, 0.5) is 0 Å². The Labute approximate surface area is 151 Å². The molecule has 0 radical (unpaired) electrons. The average molecular weight is 349 g/mol. The number of hydrogen-bond donors (Lipinski definition) is 0. The van der Waals surface area contributed by atoms with Crippen molar-refractivity contribution in [3.63, 3.8) is 0 Å². The molecule has 132 valence electrons. The summed E-state index contributed by atoms with van der Waals surface area (Å²) in [5, 5.41) is 4.21. The highest BCUT2D eigenvalue weighted by atomic mass is 16.5. The van der Waals surface area contributed by atoms with Gasteiger partial charge in [-0.15, -0.1) is 0 Å². The number of esters is 1. The Bertz CT molecular complexity index is 961. The van der Waals surface area contributed by atoms with Gasteiger partial charge in [0.2, 0.25) is 0 Å². The van der Waals surface area contributed by atoms with Crippen LogP contribution >= 0.6 is 0 Å². The number of hydrogen-bond acceptors (Lipinski definition) is 5. The lowest BCUT2D eigenvalue weighted by molar-refractivity contribution is 0.0593. The third-order valence-electron chi connectivity index (χ3n) is 4.49. The van der Waals surface area contributed by atoms with Crippen molar-refractivity contribution in [3.8, 4) is 16.9 Å². The molecule has 0 saturated carbocycles. The zero-order valence-electron chi connectivity index (χ0n) is 14.7. The van der Waals surface area contributed by atoms with Gasteiger partial charge in [-0.25, -0.2) is 9.78 Å². The number of carbonyl (C=O) groups excluding carboxylic acids is 1. The van der Waals surface area contributed by atoms with Gasteiger partial charge in [0, 0.05) is 37.2 Å². The molecule has 0 spiro atoms. The number of aromatic nitrogens is 3. The van der Waals surface area contributed by atoms with Gasteiger partial charge in [-0.2, -0.15) is 5.10 Å². The van der Waals surface area contributed by atoms with Crippen molar-refractivity contribution in [2.24, 2.45) is 7.05 Å². The Morgan fingerprint density at radius 1 is 1.27 bits per heavy atom. The number of methoxy groups -OCH3 is 1. The maximum absolute atomic E-state index is 11.9. The average Bonchev–Trinajstić information content (AvgIpc) is 3.30. The standard InChI is InChI=1S/C20H19N3O3/c1-23-12-16(11-21-23)14-5-3-13(4-6-14)9-15-10-18(20(24)25-2)22-17-7-8-26-19(15)17/h3-6,10-12H,7-9H2,1-2H3. The van der Waals surface area contributed by atoms with Crippen LogP contribution in [0.1, 0.15) is 27.3 Å². The van der Waals surface area contributed by atoms with Gasteiger partial charge in [0.25, 0.3) is 0 Å². The second-order valence-corrected chi connectivity index (χ2v) is 6.31. The molecule has 0 N–H and O–H groups in total. The Morgan fingerprint density at radius 3 is 2.77 bits per heavy atom. The third kappa shape index (κ3) is 3.06. The molecule has 0 aliphatic carbocycles. The first kappa shape index (κ1) is 16.3. The smallest absolute Gasteiger partial charge is 0.356 e. The highest BCUT2D eigenvalue weighted by molar-refractivity contribution is 5.87. The molecular weight excluding hydrogens is 330 g/mol. The van der Waals surface area contributed by atoms with Crippen LogP contribution in [0.15, 0.2) is 42.7 Å². The molecule has 2 aromatic heterocycles. The van der Waals surface area contributed by atoms with Gasteiger partial charge >= 0.3 is 5.97 Å². The molecule has 0 saturated heterocycles. The van der Waals surface area contributed by atoms with Gasteiger partial charge in [-0.3, -0.25) is 4.68 Å². The molecule has 0 unspecified atom stereocenters. The number of aryl methyl sites for hydroxylation is 1. The second kappa shape index (κ2) is 6.63. The molecule has 1 aliphatic heterocycles. The SMILES string of the molecule is COC(=O)c1cc(Cc2ccc(-c3cnn(C)c3)cc2)c2c(n1)CCO2. The van der Waals surface area contributed by atoms with Crippen molar-refractivity contribution >= 4 is 5.97 Å². The minimum absolute atomic E-state index is 0.332. The van der Waals surface area contributed by atoms with Gasteiger partial charge in [-0.05, 0) is 17.2 Å². The van der Waals surface area contributed by atoms with Crippen molar-refractivity contribution in [2.75, 3.05) is 13.7 Å². The summed E-state index contributed by atoms with van der Waals surface area (Å²) in [4.78, 5) is 16.3. The molecule has 0 amide bonds. The van der Waals surface area contributed by atoms with Crippen LogP contribution in [0, 0.1) is 0 Å². The van der Waals surface area contributed by atoms with E-state index in [0.717, 1.165) is 33.7 Å². The monoisotopic (exact) mass is 349 g/mol. The van der Waals surface area contributed by atoms with E-state index in [1.54, 1.807) is 10.7 Å².